The fourth-order valence-electron chi connectivity index (χ4n) is 6.02. The summed E-state index contributed by atoms with van der Waals surface area (Å²) >= 11 is 3.74. The number of rotatable bonds is 11. The highest BCUT2D eigenvalue weighted by molar-refractivity contribution is 9.10. The van der Waals surface area contributed by atoms with Crippen molar-refractivity contribution >= 4 is 26.1 Å². The average molecular weight is 601 g/mol. The maximum absolute atomic E-state index is 12.6. The van der Waals surface area contributed by atoms with Gasteiger partial charge in [-0.2, -0.15) is 17.4 Å². The van der Waals surface area contributed by atoms with Crippen molar-refractivity contribution in [3.05, 3.63) is 28.2 Å². The molecule has 3 fully saturated rings. The molecule has 0 unspecified atom stereocenters. The van der Waals surface area contributed by atoms with Crippen molar-refractivity contribution in [1.29, 1.82) is 0 Å². The maximum Gasteiger partial charge on any atom is 0.279 e. The van der Waals surface area contributed by atoms with Crippen molar-refractivity contribution in [3.63, 3.8) is 0 Å². The topological polar surface area (TPSA) is 71.1 Å². The van der Waals surface area contributed by atoms with Gasteiger partial charge in [0.1, 0.15) is 5.75 Å². The number of halogens is 1. The van der Waals surface area contributed by atoms with Crippen molar-refractivity contribution in [1.82, 2.24) is 13.9 Å². The Morgan fingerprint density at radius 1 is 1.03 bits per heavy atom. The van der Waals surface area contributed by atoms with Gasteiger partial charge in [0, 0.05) is 23.6 Å². The number of benzene rings is 1. The van der Waals surface area contributed by atoms with Crippen molar-refractivity contribution in [2.45, 2.75) is 83.8 Å². The van der Waals surface area contributed by atoms with E-state index in [1.54, 1.807) is 0 Å². The third-order valence-corrected chi connectivity index (χ3v) is 10.6. The first kappa shape index (κ1) is 29.3. The number of nitrogens with one attached hydrogen (secondary N) is 1. The fourth-order valence-corrected chi connectivity index (χ4v) is 7.87. The number of likely N-dealkylation sites (tertiary alicyclic amines) is 1. The molecule has 2 saturated heterocycles. The summed E-state index contributed by atoms with van der Waals surface area (Å²) in [4.78, 5) is 2.64. The molecule has 3 aliphatic rings. The zero-order valence-corrected chi connectivity index (χ0v) is 25.1. The predicted molar refractivity (Wildman–Crippen MR) is 152 cm³/mol. The molecule has 210 valence electrons. The van der Waals surface area contributed by atoms with E-state index in [1.807, 2.05) is 6.07 Å². The largest absolute Gasteiger partial charge is 0.491 e. The molecule has 4 rings (SSSR count). The average Bonchev–Trinajstić information content (AvgIpc) is 2.88. The van der Waals surface area contributed by atoms with Crippen LogP contribution >= 0.6 is 15.9 Å². The van der Waals surface area contributed by atoms with Gasteiger partial charge in [-0.1, -0.05) is 15.9 Å². The lowest BCUT2D eigenvalue weighted by molar-refractivity contribution is 0.0721. The van der Waals surface area contributed by atoms with Gasteiger partial charge in [0.2, 0.25) is 0 Å². The van der Waals surface area contributed by atoms with E-state index in [0.29, 0.717) is 26.3 Å². The molecule has 0 atom stereocenters. The Morgan fingerprint density at radius 2 is 1.73 bits per heavy atom. The van der Waals surface area contributed by atoms with E-state index in [2.05, 4.69) is 51.5 Å². The molecule has 1 aliphatic carbocycles. The van der Waals surface area contributed by atoms with Gasteiger partial charge in [-0.05, 0) is 127 Å². The van der Waals surface area contributed by atoms with Gasteiger partial charge in [0.15, 0.2) is 0 Å². The third kappa shape index (κ3) is 9.17. The number of ether oxygens (including phenoxy) is 2. The lowest BCUT2D eigenvalue weighted by atomic mass is 9.83. The van der Waals surface area contributed by atoms with Crippen LogP contribution in [0.3, 0.4) is 0 Å². The molecule has 2 aliphatic heterocycles. The quantitative estimate of drug-likeness (QED) is 0.388. The minimum Gasteiger partial charge on any atom is -0.491 e. The van der Waals surface area contributed by atoms with Crippen molar-refractivity contribution in [2.24, 2.45) is 11.8 Å². The van der Waals surface area contributed by atoms with Gasteiger partial charge in [-0.3, -0.25) is 0 Å². The Kier molecular flexibility index (Phi) is 11.1. The normalized spacial score (nSPS) is 25.0. The summed E-state index contributed by atoms with van der Waals surface area (Å²) in [6, 6.07) is 6.46. The molecule has 1 N–H and O–H groups in total. The molecule has 0 amide bonds. The van der Waals surface area contributed by atoms with Crippen LogP contribution in [0.15, 0.2) is 22.7 Å². The predicted octanol–water partition coefficient (Wildman–Crippen LogP) is 5.00. The van der Waals surface area contributed by atoms with Crippen LogP contribution in [0.25, 0.3) is 0 Å². The first-order valence-corrected chi connectivity index (χ1v) is 16.5. The summed E-state index contributed by atoms with van der Waals surface area (Å²) in [5.74, 6) is 2.44. The Morgan fingerprint density at radius 3 is 2.41 bits per heavy atom. The van der Waals surface area contributed by atoms with Gasteiger partial charge in [-0.15, -0.1) is 0 Å². The molecule has 0 aromatic heterocycles. The van der Waals surface area contributed by atoms with E-state index >= 15 is 0 Å². The zero-order chi connectivity index (χ0) is 26.3. The molecule has 0 spiro atoms. The summed E-state index contributed by atoms with van der Waals surface area (Å²) in [5, 5.41) is 0. The van der Waals surface area contributed by atoms with Crippen LogP contribution in [0, 0.1) is 11.8 Å². The summed E-state index contributed by atoms with van der Waals surface area (Å²) in [7, 11) is -3.38. The number of nitrogens with zero attached hydrogens (tertiary/aromatic N) is 2. The molecule has 2 heterocycles. The highest BCUT2D eigenvalue weighted by Gasteiger charge is 2.29. The zero-order valence-electron chi connectivity index (χ0n) is 22.7. The van der Waals surface area contributed by atoms with E-state index in [-0.39, 0.29) is 12.1 Å². The van der Waals surface area contributed by atoms with Gasteiger partial charge < -0.3 is 14.4 Å². The SMILES string of the molecule is CC(C)Oc1ccc(Br)c(CC2CCN(CCCC3CCC(NS(=O)(=O)N4CCOCC4)CC3)CC2)c1. The molecule has 0 radical (unpaired) electrons. The van der Waals surface area contributed by atoms with Crippen molar-refractivity contribution in [3.8, 4) is 5.75 Å². The Hall–Kier alpha value is -0.710. The second kappa shape index (κ2) is 14.1. The summed E-state index contributed by atoms with van der Waals surface area (Å²) < 4.78 is 42.1. The molecule has 9 heteroatoms. The van der Waals surface area contributed by atoms with Crippen molar-refractivity contribution in [2.75, 3.05) is 45.9 Å². The van der Waals surface area contributed by atoms with Gasteiger partial charge in [-0.25, -0.2) is 0 Å². The highest BCUT2D eigenvalue weighted by Crippen LogP contribution is 2.31. The van der Waals surface area contributed by atoms with Crippen LogP contribution < -0.4 is 9.46 Å². The molecule has 1 aromatic rings. The molecule has 37 heavy (non-hydrogen) atoms. The molecule has 0 bridgehead atoms. The Bertz CT molecular complexity index is 939. The smallest absolute Gasteiger partial charge is 0.279 e. The molecular formula is C28H46BrN3O4S. The maximum atomic E-state index is 12.6. The molecule has 7 nitrogen and oxygen atoms in total. The molecule has 1 aromatic carbocycles. The molecule has 1 saturated carbocycles. The Balaban J connectivity index is 1.10. The fraction of sp³-hybridized carbons (Fsp3) is 0.786. The lowest BCUT2D eigenvalue weighted by Crippen LogP contribution is -2.50. The van der Waals surface area contributed by atoms with E-state index in [4.69, 9.17) is 9.47 Å². The highest BCUT2D eigenvalue weighted by atomic mass is 79.9. The standard InChI is InChI=1S/C28H46BrN3O4S/c1-22(2)36-27-9-10-28(29)25(21-27)20-24-11-14-31(15-12-24)13-3-4-23-5-7-26(8-6-23)30-37(33,34)32-16-18-35-19-17-32/h9-10,21-24,26,30H,3-8,11-20H2,1-2H3. The van der Waals surface area contributed by atoms with Crippen LogP contribution in [0.1, 0.15) is 70.8 Å². The van der Waals surface area contributed by atoms with Gasteiger partial charge in [0.25, 0.3) is 10.2 Å². The second-order valence-electron chi connectivity index (χ2n) is 11.4. The minimum atomic E-state index is -3.38. The van der Waals surface area contributed by atoms with E-state index in [0.717, 1.165) is 49.7 Å². The van der Waals surface area contributed by atoms with E-state index in [9.17, 15) is 8.42 Å². The number of hydrogen-bond donors (Lipinski definition) is 1. The number of hydrogen-bond acceptors (Lipinski definition) is 5. The lowest BCUT2D eigenvalue weighted by Gasteiger charge is -2.34. The summed E-state index contributed by atoms with van der Waals surface area (Å²) in [6.45, 7) is 9.62. The van der Waals surface area contributed by atoms with Crippen LogP contribution in [-0.2, 0) is 21.4 Å². The minimum absolute atomic E-state index is 0.0841. The summed E-state index contributed by atoms with van der Waals surface area (Å²) in [6.07, 6.45) is 10.5. The monoisotopic (exact) mass is 599 g/mol. The summed E-state index contributed by atoms with van der Waals surface area (Å²) in [5.41, 5.74) is 1.36. The number of morpholine rings is 1. The van der Waals surface area contributed by atoms with Crippen LogP contribution in [0.5, 0.6) is 5.75 Å². The van der Waals surface area contributed by atoms with Gasteiger partial charge in [0.05, 0.1) is 19.3 Å². The van der Waals surface area contributed by atoms with E-state index < -0.39 is 10.2 Å². The van der Waals surface area contributed by atoms with Crippen LogP contribution in [0.2, 0.25) is 0 Å². The van der Waals surface area contributed by atoms with Crippen molar-refractivity contribution < 1.29 is 17.9 Å². The Labute approximate surface area is 233 Å². The first-order chi connectivity index (χ1) is 17.8. The number of piperidine rings is 1. The van der Waals surface area contributed by atoms with Crippen LogP contribution in [-0.4, -0.2) is 75.7 Å². The van der Waals surface area contributed by atoms with Gasteiger partial charge >= 0.3 is 0 Å². The third-order valence-electron chi connectivity index (χ3n) is 8.16. The van der Waals surface area contributed by atoms with E-state index in [1.165, 1.54) is 59.7 Å². The first-order valence-electron chi connectivity index (χ1n) is 14.3. The molecular weight excluding hydrogens is 554 g/mol. The second-order valence-corrected chi connectivity index (χ2v) is 14.0. The van der Waals surface area contributed by atoms with Crippen LogP contribution in [0.4, 0.5) is 0 Å².